The van der Waals surface area contributed by atoms with Crippen LogP contribution in [-0.4, -0.2) is 23.6 Å². The van der Waals surface area contributed by atoms with Crippen molar-refractivity contribution in [3.05, 3.63) is 29.6 Å². The number of carbonyl (C=O) groups is 1. The van der Waals surface area contributed by atoms with Crippen molar-refractivity contribution in [2.45, 2.75) is 25.9 Å². The second-order valence-corrected chi connectivity index (χ2v) is 5.19. The van der Waals surface area contributed by atoms with Crippen LogP contribution in [0.25, 0.3) is 0 Å². The van der Waals surface area contributed by atoms with Crippen molar-refractivity contribution >= 4 is 28.8 Å². The van der Waals surface area contributed by atoms with Crippen molar-refractivity contribution in [1.82, 2.24) is 0 Å². The van der Waals surface area contributed by atoms with E-state index in [4.69, 9.17) is 22.7 Å². The first-order valence-electron chi connectivity index (χ1n) is 5.69. The van der Waals surface area contributed by atoms with Crippen molar-refractivity contribution in [1.29, 1.82) is 0 Å². The molecule has 4 nitrogen and oxygen atoms in total. The monoisotopic (exact) mass is 284 g/mol. The van der Waals surface area contributed by atoms with Gasteiger partial charge in [0.1, 0.15) is 10.8 Å². The summed E-state index contributed by atoms with van der Waals surface area (Å²) in [6.07, 6.45) is 0.184. The van der Waals surface area contributed by atoms with Gasteiger partial charge in [-0.15, -0.1) is 0 Å². The van der Waals surface area contributed by atoms with Gasteiger partial charge in [-0.1, -0.05) is 12.2 Å². The molecule has 1 rings (SSSR count). The summed E-state index contributed by atoms with van der Waals surface area (Å²) < 4.78 is 18.5. The number of thiocarbonyl (C=S) groups is 1. The molecule has 1 aromatic carbocycles. The highest BCUT2D eigenvalue weighted by molar-refractivity contribution is 7.80. The second-order valence-electron chi connectivity index (χ2n) is 4.75. The summed E-state index contributed by atoms with van der Waals surface area (Å²) in [6.45, 7) is 3.61. The summed E-state index contributed by atoms with van der Waals surface area (Å²) in [4.78, 5) is 11.8. The molecule has 0 atom stereocenters. The lowest BCUT2D eigenvalue weighted by Gasteiger charge is -2.22. The van der Waals surface area contributed by atoms with Gasteiger partial charge >= 0.3 is 0 Å². The summed E-state index contributed by atoms with van der Waals surface area (Å²) in [6, 6.07) is 4.08. The Labute approximate surface area is 117 Å². The largest absolute Gasteiger partial charge is 0.389 e. The molecule has 0 saturated carbocycles. The molecular weight excluding hydrogens is 267 g/mol. The number of nitrogens with two attached hydrogens (primary N) is 1. The molecule has 0 radical (unpaired) electrons. The number of carbonyl (C=O) groups excluding carboxylic acids is 1. The molecule has 19 heavy (non-hydrogen) atoms. The molecule has 0 aliphatic heterocycles. The number of hydrogen-bond acceptors (Lipinski definition) is 3. The van der Waals surface area contributed by atoms with Crippen LogP contribution in [0.5, 0.6) is 0 Å². The van der Waals surface area contributed by atoms with E-state index < -0.39 is 11.4 Å². The van der Waals surface area contributed by atoms with Gasteiger partial charge in [-0.05, 0) is 32.0 Å². The Morgan fingerprint density at radius 2 is 2.16 bits per heavy atom. The van der Waals surface area contributed by atoms with E-state index in [0.717, 1.165) is 0 Å². The fourth-order valence-corrected chi connectivity index (χ4v) is 1.61. The average molecular weight is 284 g/mol. The van der Waals surface area contributed by atoms with Crippen LogP contribution in [0.15, 0.2) is 18.2 Å². The van der Waals surface area contributed by atoms with Gasteiger partial charge in [-0.2, -0.15) is 0 Å². The highest BCUT2D eigenvalue weighted by Crippen LogP contribution is 2.17. The van der Waals surface area contributed by atoms with E-state index >= 15 is 0 Å². The first-order chi connectivity index (χ1) is 8.75. The fourth-order valence-electron chi connectivity index (χ4n) is 1.46. The quantitative estimate of drug-likeness (QED) is 0.814. The molecular formula is C13H17FN2O2S. The number of amides is 1. The summed E-state index contributed by atoms with van der Waals surface area (Å²) in [5.74, 6) is -0.741. The summed E-state index contributed by atoms with van der Waals surface area (Å²) >= 11 is 4.73. The maximum atomic E-state index is 13.4. The molecule has 0 aromatic heterocycles. The Kier molecular flexibility index (Phi) is 4.97. The Hall–Kier alpha value is -1.53. The molecule has 3 N–H and O–H groups in total. The molecule has 1 aromatic rings. The maximum Gasteiger partial charge on any atom is 0.227 e. The van der Waals surface area contributed by atoms with Gasteiger partial charge in [0, 0.05) is 18.4 Å². The van der Waals surface area contributed by atoms with Crippen LogP contribution in [0.3, 0.4) is 0 Å². The van der Waals surface area contributed by atoms with E-state index in [1.807, 2.05) is 0 Å². The first kappa shape index (κ1) is 15.5. The van der Waals surface area contributed by atoms with Crippen LogP contribution in [0, 0.1) is 5.82 Å². The lowest BCUT2D eigenvalue weighted by molar-refractivity contribution is -0.121. The number of hydrogen-bond donors (Lipinski definition) is 2. The van der Waals surface area contributed by atoms with Gasteiger partial charge in [-0.25, -0.2) is 4.39 Å². The topological polar surface area (TPSA) is 64.3 Å². The minimum Gasteiger partial charge on any atom is -0.389 e. The van der Waals surface area contributed by atoms with Crippen molar-refractivity contribution in [2.75, 3.05) is 12.4 Å². The van der Waals surface area contributed by atoms with E-state index in [1.54, 1.807) is 13.8 Å². The molecule has 104 valence electrons. The molecule has 0 unspecified atom stereocenters. The second kappa shape index (κ2) is 6.08. The summed E-state index contributed by atoms with van der Waals surface area (Å²) in [5, 5.41) is 2.65. The van der Waals surface area contributed by atoms with Gasteiger partial charge in [0.15, 0.2) is 0 Å². The summed E-state index contributed by atoms with van der Waals surface area (Å²) in [5.41, 5.74) is 5.39. The molecule has 0 aliphatic carbocycles. The Morgan fingerprint density at radius 1 is 1.53 bits per heavy atom. The smallest absolute Gasteiger partial charge is 0.227 e. The SMILES string of the molecule is COC(C)(C)CC(=O)Nc1ccc(F)c(C(N)=S)c1. The lowest BCUT2D eigenvalue weighted by atomic mass is 10.0. The Balaban J connectivity index is 2.81. The summed E-state index contributed by atoms with van der Waals surface area (Å²) in [7, 11) is 1.54. The number of anilines is 1. The van der Waals surface area contributed by atoms with Crippen LogP contribution in [-0.2, 0) is 9.53 Å². The Bertz CT molecular complexity index is 503. The minimum absolute atomic E-state index is 0.0502. The van der Waals surface area contributed by atoms with Crippen LogP contribution in [0.1, 0.15) is 25.8 Å². The van der Waals surface area contributed by atoms with E-state index in [0.29, 0.717) is 5.69 Å². The van der Waals surface area contributed by atoms with Gasteiger partial charge < -0.3 is 15.8 Å². The highest BCUT2D eigenvalue weighted by atomic mass is 32.1. The molecule has 0 spiro atoms. The van der Waals surface area contributed by atoms with Gasteiger partial charge in [-0.3, -0.25) is 4.79 Å². The van der Waals surface area contributed by atoms with Crippen LogP contribution < -0.4 is 11.1 Å². The van der Waals surface area contributed by atoms with E-state index in [-0.39, 0.29) is 22.9 Å². The predicted octanol–water partition coefficient (Wildman–Crippen LogP) is 2.21. The number of benzene rings is 1. The number of methoxy groups -OCH3 is 1. The number of nitrogens with one attached hydrogen (secondary N) is 1. The third-order valence-corrected chi connectivity index (χ3v) is 2.87. The number of ether oxygens (including phenoxy) is 1. The molecule has 0 bridgehead atoms. The van der Waals surface area contributed by atoms with Crippen LogP contribution in [0.4, 0.5) is 10.1 Å². The Morgan fingerprint density at radius 3 is 2.68 bits per heavy atom. The normalized spacial score (nSPS) is 11.2. The van der Waals surface area contributed by atoms with Crippen molar-refractivity contribution in [3.63, 3.8) is 0 Å². The first-order valence-corrected chi connectivity index (χ1v) is 6.10. The van der Waals surface area contributed by atoms with E-state index in [9.17, 15) is 9.18 Å². The third-order valence-electron chi connectivity index (χ3n) is 2.65. The fraction of sp³-hybridized carbons (Fsp3) is 0.385. The van der Waals surface area contributed by atoms with E-state index in [2.05, 4.69) is 5.32 Å². The lowest BCUT2D eigenvalue weighted by Crippen LogP contribution is -2.29. The molecule has 0 saturated heterocycles. The standard InChI is InChI=1S/C13H17FN2O2S/c1-13(2,18-3)7-11(17)16-8-4-5-10(14)9(6-8)12(15)19/h4-6H,7H2,1-3H3,(H2,15,19)(H,16,17). The van der Waals surface area contributed by atoms with Crippen LogP contribution >= 0.6 is 12.2 Å². The predicted molar refractivity (Wildman–Crippen MR) is 76.6 cm³/mol. The zero-order valence-electron chi connectivity index (χ0n) is 11.1. The van der Waals surface area contributed by atoms with Crippen molar-refractivity contribution < 1.29 is 13.9 Å². The van der Waals surface area contributed by atoms with E-state index in [1.165, 1.54) is 25.3 Å². The van der Waals surface area contributed by atoms with Gasteiger partial charge in [0.25, 0.3) is 0 Å². The zero-order valence-corrected chi connectivity index (χ0v) is 11.9. The number of halogens is 1. The maximum absolute atomic E-state index is 13.4. The molecule has 0 aliphatic rings. The third kappa shape index (κ3) is 4.57. The molecule has 1 amide bonds. The van der Waals surface area contributed by atoms with Crippen molar-refractivity contribution in [3.8, 4) is 0 Å². The van der Waals surface area contributed by atoms with Crippen molar-refractivity contribution in [2.24, 2.45) is 5.73 Å². The highest BCUT2D eigenvalue weighted by Gasteiger charge is 2.21. The molecule has 6 heteroatoms. The average Bonchev–Trinajstić information content (AvgIpc) is 2.30. The molecule has 0 fully saturated rings. The van der Waals surface area contributed by atoms with Crippen LogP contribution in [0.2, 0.25) is 0 Å². The van der Waals surface area contributed by atoms with Gasteiger partial charge in [0.05, 0.1) is 12.0 Å². The van der Waals surface area contributed by atoms with Gasteiger partial charge in [0.2, 0.25) is 5.91 Å². The zero-order chi connectivity index (χ0) is 14.6. The molecule has 0 heterocycles. The minimum atomic E-state index is -0.559. The number of rotatable bonds is 5.